The van der Waals surface area contributed by atoms with Crippen molar-refractivity contribution < 1.29 is 0 Å². The van der Waals surface area contributed by atoms with Crippen LogP contribution in [0.1, 0.15) is 52.3 Å². The molecule has 0 bridgehead atoms. The van der Waals surface area contributed by atoms with Gasteiger partial charge < -0.3 is 5.32 Å². The Kier molecular flexibility index (Phi) is 3.82. The molecule has 1 spiro atoms. The predicted molar refractivity (Wildman–Crippen MR) is 83.9 cm³/mol. The number of aryl methyl sites for hydroxylation is 1. The molecular formula is C16H29N5. The molecule has 3 rings (SSSR count). The molecule has 5 nitrogen and oxygen atoms in total. The molecule has 1 aliphatic carbocycles. The van der Waals surface area contributed by atoms with Crippen LogP contribution in [0.15, 0.2) is 6.33 Å². The van der Waals surface area contributed by atoms with Crippen LogP contribution in [0.4, 0.5) is 0 Å². The molecule has 1 aromatic rings. The molecule has 118 valence electrons. The highest BCUT2D eigenvalue weighted by molar-refractivity contribution is 5.05. The first-order chi connectivity index (χ1) is 9.91. The van der Waals surface area contributed by atoms with Crippen LogP contribution in [0.5, 0.6) is 0 Å². The largest absolute Gasteiger partial charge is 0.310 e. The molecule has 2 heterocycles. The van der Waals surface area contributed by atoms with E-state index in [-0.39, 0.29) is 0 Å². The number of rotatable bonds is 2. The molecule has 2 fully saturated rings. The van der Waals surface area contributed by atoms with Crippen molar-refractivity contribution in [3.8, 4) is 0 Å². The van der Waals surface area contributed by atoms with E-state index < -0.39 is 0 Å². The standard InChI is InChI=1S/C16H29N5/c1-15(2,3)13-9-21(10-14-18-12-19-20(14)4)16(11-17-13)7-5-6-8-16/h12-13,17H,5-11H2,1-4H3. The van der Waals surface area contributed by atoms with Crippen molar-refractivity contribution in [2.75, 3.05) is 13.1 Å². The zero-order chi connectivity index (χ0) is 15.1. The summed E-state index contributed by atoms with van der Waals surface area (Å²) in [6.07, 6.45) is 7.01. The average Bonchev–Trinajstić information content (AvgIpc) is 3.02. The zero-order valence-electron chi connectivity index (χ0n) is 13.9. The summed E-state index contributed by atoms with van der Waals surface area (Å²) >= 11 is 0. The van der Waals surface area contributed by atoms with Crippen molar-refractivity contribution in [3.63, 3.8) is 0 Å². The Morgan fingerprint density at radius 3 is 2.62 bits per heavy atom. The van der Waals surface area contributed by atoms with Crippen LogP contribution in [0.3, 0.4) is 0 Å². The normalized spacial score (nSPS) is 26.6. The Morgan fingerprint density at radius 2 is 2.05 bits per heavy atom. The molecule has 0 aromatic carbocycles. The lowest BCUT2D eigenvalue weighted by Gasteiger charge is -2.51. The maximum Gasteiger partial charge on any atom is 0.140 e. The van der Waals surface area contributed by atoms with Gasteiger partial charge in [0, 0.05) is 31.7 Å². The number of nitrogens with one attached hydrogen (secondary N) is 1. The molecule has 1 saturated carbocycles. The fourth-order valence-corrected chi connectivity index (χ4v) is 3.88. The third-order valence-corrected chi connectivity index (χ3v) is 5.47. The second-order valence-corrected chi connectivity index (χ2v) is 7.91. The molecule has 2 aliphatic rings. The molecule has 1 aromatic heterocycles. The summed E-state index contributed by atoms with van der Waals surface area (Å²) in [7, 11) is 1.99. The summed E-state index contributed by atoms with van der Waals surface area (Å²) in [5.74, 6) is 1.08. The summed E-state index contributed by atoms with van der Waals surface area (Å²) in [6, 6.07) is 0.539. The third kappa shape index (κ3) is 2.86. The molecule has 5 heteroatoms. The fraction of sp³-hybridized carbons (Fsp3) is 0.875. The Bertz CT molecular complexity index is 481. The van der Waals surface area contributed by atoms with Gasteiger partial charge in [-0.2, -0.15) is 5.10 Å². The van der Waals surface area contributed by atoms with Crippen molar-refractivity contribution in [2.45, 2.75) is 64.6 Å². The Labute approximate surface area is 128 Å². The molecule has 0 radical (unpaired) electrons. The highest BCUT2D eigenvalue weighted by atomic mass is 15.4. The van der Waals surface area contributed by atoms with Crippen LogP contribution in [-0.4, -0.2) is 44.3 Å². The van der Waals surface area contributed by atoms with E-state index in [4.69, 9.17) is 0 Å². The van der Waals surface area contributed by atoms with Gasteiger partial charge in [0.15, 0.2) is 0 Å². The summed E-state index contributed by atoms with van der Waals surface area (Å²) in [6.45, 7) is 10.1. The van der Waals surface area contributed by atoms with Crippen molar-refractivity contribution >= 4 is 0 Å². The smallest absolute Gasteiger partial charge is 0.140 e. The second kappa shape index (κ2) is 5.36. The summed E-state index contributed by atoms with van der Waals surface area (Å²) in [4.78, 5) is 7.13. The van der Waals surface area contributed by atoms with Crippen LogP contribution in [-0.2, 0) is 13.6 Å². The quantitative estimate of drug-likeness (QED) is 0.904. The highest BCUT2D eigenvalue weighted by Crippen LogP contribution is 2.39. The lowest BCUT2D eigenvalue weighted by molar-refractivity contribution is 0.00824. The van der Waals surface area contributed by atoms with E-state index in [1.807, 2.05) is 11.7 Å². The van der Waals surface area contributed by atoms with Crippen molar-refractivity contribution in [1.29, 1.82) is 0 Å². The molecule has 1 atom stereocenters. The molecule has 1 aliphatic heterocycles. The van der Waals surface area contributed by atoms with Crippen LogP contribution >= 0.6 is 0 Å². The third-order valence-electron chi connectivity index (χ3n) is 5.47. The first kappa shape index (κ1) is 15.0. The highest BCUT2D eigenvalue weighted by Gasteiger charge is 2.45. The van der Waals surface area contributed by atoms with Gasteiger partial charge in [0.1, 0.15) is 12.2 Å². The van der Waals surface area contributed by atoms with Gasteiger partial charge >= 0.3 is 0 Å². The zero-order valence-corrected chi connectivity index (χ0v) is 13.9. The lowest BCUT2D eigenvalue weighted by Crippen LogP contribution is -2.65. The van der Waals surface area contributed by atoms with Gasteiger partial charge in [0.25, 0.3) is 0 Å². The maximum atomic E-state index is 4.44. The molecule has 0 amide bonds. The minimum Gasteiger partial charge on any atom is -0.310 e. The maximum absolute atomic E-state index is 4.44. The van der Waals surface area contributed by atoms with Crippen LogP contribution < -0.4 is 5.32 Å². The van der Waals surface area contributed by atoms with Crippen LogP contribution in [0, 0.1) is 5.41 Å². The van der Waals surface area contributed by atoms with Crippen molar-refractivity contribution in [1.82, 2.24) is 25.0 Å². The molecule has 1 saturated heterocycles. The number of nitrogens with zero attached hydrogens (tertiary/aromatic N) is 4. The van der Waals surface area contributed by atoms with Gasteiger partial charge in [0.05, 0.1) is 6.54 Å². The monoisotopic (exact) mass is 291 g/mol. The Balaban J connectivity index is 1.81. The van der Waals surface area contributed by atoms with E-state index in [9.17, 15) is 0 Å². The minimum absolute atomic E-state index is 0.290. The molecule has 21 heavy (non-hydrogen) atoms. The van der Waals surface area contributed by atoms with Gasteiger partial charge in [-0.15, -0.1) is 0 Å². The molecular weight excluding hydrogens is 262 g/mol. The van der Waals surface area contributed by atoms with E-state index >= 15 is 0 Å². The van der Waals surface area contributed by atoms with Gasteiger partial charge in [0.2, 0.25) is 0 Å². The number of hydrogen-bond acceptors (Lipinski definition) is 4. The number of piperazine rings is 1. The topological polar surface area (TPSA) is 46.0 Å². The van der Waals surface area contributed by atoms with E-state index in [0.29, 0.717) is 17.0 Å². The van der Waals surface area contributed by atoms with Crippen LogP contribution in [0.25, 0.3) is 0 Å². The average molecular weight is 291 g/mol. The van der Waals surface area contributed by atoms with Crippen LogP contribution in [0.2, 0.25) is 0 Å². The van der Waals surface area contributed by atoms with Gasteiger partial charge in [-0.05, 0) is 18.3 Å². The fourth-order valence-electron chi connectivity index (χ4n) is 3.88. The van der Waals surface area contributed by atoms with E-state index in [0.717, 1.165) is 25.5 Å². The number of aromatic nitrogens is 3. The van der Waals surface area contributed by atoms with E-state index in [1.165, 1.54) is 25.7 Å². The first-order valence-electron chi connectivity index (χ1n) is 8.22. The summed E-state index contributed by atoms with van der Waals surface area (Å²) in [5, 5.41) is 8.06. The van der Waals surface area contributed by atoms with Gasteiger partial charge in [-0.3, -0.25) is 9.58 Å². The predicted octanol–water partition coefficient (Wildman–Crippen LogP) is 1.95. The van der Waals surface area contributed by atoms with E-state index in [2.05, 4.69) is 41.1 Å². The summed E-state index contributed by atoms with van der Waals surface area (Å²) < 4.78 is 1.91. The lowest BCUT2D eigenvalue weighted by atomic mass is 9.81. The SMILES string of the molecule is Cn1ncnc1CN1CC(C(C)(C)C)NCC12CCCC2. The Hall–Kier alpha value is -0.940. The first-order valence-corrected chi connectivity index (χ1v) is 8.22. The Morgan fingerprint density at radius 1 is 1.33 bits per heavy atom. The number of hydrogen-bond donors (Lipinski definition) is 1. The summed E-state index contributed by atoms with van der Waals surface area (Å²) in [5.41, 5.74) is 0.631. The van der Waals surface area contributed by atoms with Crippen molar-refractivity contribution in [2.24, 2.45) is 12.5 Å². The minimum atomic E-state index is 0.290. The van der Waals surface area contributed by atoms with E-state index in [1.54, 1.807) is 6.33 Å². The van der Waals surface area contributed by atoms with Gasteiger partial charge in [-0.25, -0.2) is 4.98 Å². The van der Waals surface area contributed by atoms with Gasteiger partial charge in [-0.1, -0.05) is 33.6 Å². The second-order valence-electron chi connectivity index (χ2n) is 7.91. The van der Waals surface area contributed by atoms with Crippen molar-refractivity contribution in [3.05, 3.63) is 12.2 Å². The molecule has 1 N–H and O–H groups in total. The molecule has 1 unspecified atom stereocenters.